The number of piperidine rings is 1. The van der Waals surface area contributed by atoms with Crippen LogP contribution in [0.25, 0.3) is 0 Å². The molecule has 0 aromatic heterocycles. The van der Waals surface area contributed by atoms with E-state index < -0.39 is 0 Å². The molecule has 1 N–H and O–H groups in total. The fourth-order valence-electron chi connectivity index (χ4n) is 3.27. The molecule has 0 radical (unpaired) electrons. The van der Waals surface area contributed by atoms with Crippen molar-refractivity contribution in [2.75, 3.05) is 46.0 Å². The molecule has 4 heteroatoms. The average Bonchev–Trinajstić information content (AvgIpc) is 2.90. The summed E-state index contributed by atoms with van der Waals surface area (Å²) in [5, 5.41) is 3.63. The maximum atomic E-state index is 5.93. The number of hydrogen-bond donors (Lipinski definition) is 1. The molecule has 0 amide bonds. The van der Waals surface area contributed by atoms with Crippen LogP contribution in [-0.2, 0) is 9.47 Å². The summed E-state index contributed by atoms with van der Waals surface area (Å²) < 4.78 is 11.6. The molecule has 0 aromatic carbocycles. The predicted molar refractivity (Wildman–Crippen MR) is 82.1 cm³/mol. The molecule has 3 atom stereocenters. The maximum Gasteiger partial charge on any atom is 0.0702 e. The third-order valence-electron chi connectivity index (χ3n) is 4.37. The van der Waals surface area contributed by atoms with Gasteiger partial charge in [-0.2, -0.15) is 0 Å². The Kier molecular flexibility index (Phi) is 7.28. The van der Waals surface area contributed by atoms with Crippen LogP contribution in [0.5, 0.6) is 0 Å². The van der Waals surface area contributed by atoms with Crippen molar-refractivity contribution in [1.29, 1.82) is 0 Å². The van der Waals surface area contributed by atoms with Crippen LogP contribution in [0.1, 0.15) is 39.5 Å². The fourth-order valence-corrected chi connectivity index (χ4v) is 3.27. The second-order valence-corrected chi connectivity index (χ2v) is 6.25. The van der Waals surface area contributed by atoms with Crippen LogP contribution >= 0.6 is 0 Å². The summed E-state index contributed by atoms with van der Waals surface area (Å²) in [6.07, 6.45) is 5.27. The Labute approximate surface area is 124 Å². The molecule has 0 saturated carbocycles. The first-order chi connectivity index (χ1) is 9.83. The van der Waals surface area contributed by atoms with Gasteiger partial charge in [0.15, 0.2) is 0 Å². The quantitative estimate of drug-likeness (QED) is 0.738. The Morgan fingerprint density at radius 3 is 2.95 bits per heavy atom. The van der Waals surface area contributed by atoms with Crippen molar-refractivity contribution in [2.24, 2.45) is 5.92 Å². The van der Waals surface area contributed by atoms with E-state index in [1.54, 1.807) is 0 Å². The number of ether oxygens (including phenoxy) is 2. The molecule has 2 saturated heterocycles. The first-order valence-corrected chi connectivity index (χ1v) is 8.48. The van der Waals surface area contributed by atoms with Crippen LogP contribution < -0.4 is 5.32 Å². The molecule has 2 rings (SSSR count). The number of rotatable bonds is 8. The lowest BCUT2D eigenvalue weighted by Crippen LogP contribution is -2.46. The molecule has 2 aliphatic rings. The van der Waals surface area contributed by atoms with Crippen molar-refractivity contribution in [1.82, 2.24) is 10.2 Å². The van der Waals surface area contributed by atoms with E-state index >= 15 is 0 Å². The molecule has 0 aromatic rings. The van der Waals surface area contributed by atoms with E-state index in [0.29, 0.717) is 18.1 Å². The van der Waals surface area contributed by atoms with E-state index in [9.17, 15) is 0 Å². The van der Waals surface area contributed by atoms with E-state index in [1.807, 2.05) is 0 Å². The highest BCUT2D eigenvalue weighted by Crippen LogP contribution is 2.19. The summed E-state index contributed by atoms with van der Waals surface area (Å²) in [6.45, 7) is 11.7. The molecule has 2 heterocycles. The van der Waals surface area contributed by atoms with Gasteiger partial charge in [0.2, 0.25) is 0 Å². The Bertz CT molecular complexity index is 263. The minimum absolute atomic E-state index is 0.452. The standard InChI is InChI=1S/C16H32N2O2/c1-3-7-17-16-13-19-12-14(16)10-18-8-5-6-15(11-18)20-9-4-2/h14-17H,3-13H2,1-2H3. The predicted octanol–water partition coefficient (Wildman–Crippen LogP) is 1.89. The molecule has 4 nitrogen and oxygen atoms in total. The molecule has 2 fully saturated rings. The summed E-state index contributed by atoms with van der Waals surface area (Å²) in [4.78, 5) is 2.59. The van der Waals surface area contributed by atoms with Gasteiger partial charge in [0.05, 0.1) is 19.3 Å². The van der Waals surface area contributed by atoms with Gasteiger partial charge in [0.25, 0.3) is 0 Å². The smallest absolute Gasteiger partial charge is 0.0702 e. The summed E-state index contributed by atoms with van der Waals surface area (Å²) in [6, 6.07) is 0.548. The van der Waals surface area contributed by atoms with Crippen LogP contribution in [0.15, 0.2) is 0 Å². The van der Waals surface area contributed by atoms with Gasteiger partial charge in [-0.3, -0.25) is 0 Å². The SMILES string of the molecule is CCCNC1COCC1CN1CCCC(OCCC)C1. The highest BCUT2D eigenvalue weighted by Gasteiger charge is 2.31. The molecule has 3 unspecified atom stereocenters. The van der Waals surface area contributed by atoms with Crippen LogP contribution in [0.2, 0.25) is 0 Å². The highest BCUT2D eigenvalue weighted by atomic mass is 16.5. The van der Waals surface area contributed by atoms with E-state index in [2.05, 4.69) is 24.1 Å². The van der Waals surface area contributed by atoms with Crippen LogP contribution in [-0.4, -0.2) is 63.0 Å². The lowest BCUT2D eigenvalue weighted by atomic mass is 10.0. The third kappa shape index (κ3) is 4.99. The first-order valence-electron chi connectivity index (χ1n) is 8.48. The zero-order valence-corrected chi connectivity index (χ0v) is 13.3. The van der Waals surface area contributed by atoms with E-state index in [1.165, 1.54) is 25.8 Å². The Morgan fingerprint density at radius 2 is 2.15 bits per heavy atom. The van der Waals surface area contributed by atoms with E-state index in [0.717, 1.165) is 45.9 Å². The lowest BCUT2D eigenvalue weighted by molar-refractivity contribution is -0.00484. The lowest BCUT2D eigenvalue weighted by Gasteiger charge is -2.35. The minimum atomic E-state index is 0.452. The van der Waals surface area contributed by atoms with Gasteiger partial charge in [-0.25, -0.2) is 0 Å². The molecule has 0 aliphatic carbocycles. The Hall–Kier alpha value is -0.160. The van der Waals surface area contributed by atoms with Gasteiger partial charge in [-0.05, 0) is 38.8 Å². The second kappa shape index (κ2) is 8.98. The summed E-state index contributed by atoms with van der Waals surface area (Å²) in [5.41, 5.74) is 0. The topological polar surface area (TPSA) is 33.7 Å². The van der Waals surface area contributed by atoms with Gasteiger partial charge in [0, 0.05) is 31.7 Å². The van der Waals surface area contributed by atoms with Crippen LogP contribution in [0.3, 0.4) is 0 Å². The van der Waals surface area contributed by atoms with Gasteiger partial charge < -0.3 is 19.7 Å². The molecule has 0 spiro atoms. The summed E-state index contributed by atoms with van der Waals surface area (Å²) in [5.74, 6) is 0.645. The molecule has 20 heavy (non-hydrogen) atoms. The maximum absolute atomic E-state index is 5.93. The largest absolute Gasteiger partial charge is 0.379 e. The van der Waals surface area contributed by atoms with E-state index in [4.69, 9.17) is 9.47 Å². The molecular formula is C16H32N2O2. The number of likely N-dealkylation sites (tertiary alicyclic amines) is 1. The Balaban J connectivity index is 1.73. The molecule has 2 aliphatic heterocycles. The number of nitrogens with zero attached hydrogens (tertiary/aromatic N) is 1. The van der Waals surface area contributed by atoms with Crippen molar-refractivity contribution in [2.45, 2.75) is 51.7 Å². The van der Waals surface area contributed by atoms with Crippen molar-refractivity contribution >= 4 is 0 Å². The van der Waals surface area contributed by atoms with Crippen LogP contribution in [0, 0.1) is 5.92 Å². The van der Waals surface area contributed by atoms with Gasteiger partial charge in [-0.15, -0.1) is 0 Å². The molecular weight excluding hydrogens is 252 g/mol. The molecule has 118 valence electrons. The van der Waals surface area contributed by atoms with Gasteiger partial charge in [-0.1, -0.05) is 13.8 Å². The van der Waals surface area contributed by atoms with Gasteiger partial charge >= 0.3 is 0 Å². The first kappa shape index (κ1) is 16.2. The third-order valence-corrected chi connectivity index (χ3v) is 4.37. The van der Waals surface area contributed by atoms with Crippen molar-refractivity contribution in [3.63, 3.8) is 0 Å². The van der Waals surface area contributed by atoms with Crippen molar-refractivity contribution in [3.8, 4) is 0 Å². The van der Waals surface area contributed by atoms with Crippen molar-refractivity contribution in [3.05, 3.63) is 0 Å². The summed E-state index contributed by atoms with van der Waals surface area (Å²) in [7, 11) is 0. The Morgan fingerprint density at radius 1 is 1.25 bits per heavy atom. The highest BCUT2D eigenvalue weighted by molar-refractivity contribution is 4.85. The fraction of sp³-hybridized carbons (Fsp3) is 1.00. The normalized spacial score (nSPS) is 31.8. The van der Waals surface area contributed by atoms with Crippen LogP contribution in [0.4, 0.5) is 0 Å². The van der Waals surface area contributed by atoms with Gasteiger partial charge in [0.1, 0.15) is 0 Å². The molecule has 0 bridgehead atoms. The second-order valence-electron chi connectivity index (χ2n) is 6.25. The monoisotopic (exact) mass is 284 g/mol. The number of hydrogen-bond acceptors (Lipinski definition) is 4. The minimum Gasteiger partial charge on any atom is -0.379 e. The zero-order chi connectivity index (χ0) is 14.2. The summed E-state index contributed by atoms with van der Waals surface area (Å²) >= 11 is 0. The van der Waals surface area contributed by atoms with E-state index in [-0.39, 0.29) is 0 Å². The van der Waals surface area contributed by atoms with Crippen molar-refractivity contribution < 1.29 is 9.47 Å². The number of nitrogens with one attached hydrogen (secondary N) is 1. The average molecular weight is 284 g/mol. The zero-order valence-electron chi connectivity index (χ0n) is 13.3.